The molecule has 1 aromatic rings. The predicted octanol–water partition coefficient (Wildman–Crippen LogP) is 1.43. The van der Waals surface area contributed by atoms with Crippen LogP contribution in [0.4, 0.5) is 0 Å². The number of ether oxygens (including phenoxy) is 1. The smallest absolute Gasteiger partial charge is 0.139 e. The van der Waals surface area contributed by atoms with Crippen LogP contribution in [0, 0.1) is 6.92 Å². The molecule has 0 saturated carbocycles. The van der Waals surface area contributed by atoms with E-state index in [9.17, 15) is 0 Å². The molecule has 0 heterocycles. The Bertz CT molecular complexity index is 271. The Morgan fingerprint density at radius 2 is 2.15 bits per heavy atom. The van der Waals surface area contributed by atoms with Crippen molar-refractivity contribution in [3.8, 4) is 5.75 Å². The molecule has 0 radical (unpaired) electrons. The monoisotopic (exact) mass is 176 g/mol. The molecule has 0 N–H and O–H groups in total. The van der Waals surface area contributed by atoms with E-state index >= 15 is 0 Å². The van der Waals surface area contributed by atoms with Crippen molar-refractivity contribution < 1.29 is 4.74 Å². The van der Waals surface area contributed by atoms with Crippen LogP contribution in [0.25, 0.3) is 0 Å². The van der Waals surface area contributed by atoms with E-state index in [4.69, 9.17) is 4.74 Å². The number of hydrogen-bond acceptors (Lipinski definition) is 1. The zero-order valence-corrected chi connectivity index (χ0v) is 8.76. The van der Waals surface area contributed by atoms with E-state index in [1.165, 1.54) is 17.4 Å². The number of hydrogen-bond donors (Lipinski definition) is 0. The van der Waals surface area contributed by atoms with Crippen molar-refractivity contribution in [3.05, 3.63) is 23.8 Å². The first-order chi connectivity index (χ1) is 6.24. The van der Waals surface area contributed by atoms with E-state index in [0.717, 1.165) is 18.8 Å². The first-order valence-corrected chi connectivity index (χ1v) is 4.94. The van der Waals surface area contributed by atoms with Gasteiger partial charge in [-0.1, -0.05) is 30.4 Å². The van der Waals surface area contributed by atoms with Gasteiger partial charge in [-0.25, -0.2) is 0 Å². The Morgan fingerprint density at radius 3 is 2.77 bits per heavy atom. The third kappa shape index (κ3) is 3.13. The normalized spacial score (nSPS) is 10.0. The highest BCUT2D eigenvalue weighted by Gasteiger charge is 1.95. The Hall–Kier alpha value is -0.915. The lowest BCUT2D eigenvalue weighted by molar-refractivity contribution is 0.309. The Labute approximate surface area is 81.5 Å². The molecule has 0 atom stereocenters. The minimum Gasteiger partial charge on any atom is -0.494 e. The molecule has 0 fully saturated rings. The molecule has 1 nitrogen and oxygen atoms in total. The Balaban J connectivity index is 2.53. The lowest BCUT2D eigenvalue weighted by atomic mass is 9.91. The van der Waals surface area contributed by atoms with Crippen LogP contribution in [-0.4, -0.2) is 14.5 Å². The summed E-state index contributed by atoms with van der Waals surface area (Å²) in [6.07, 6.45) is 2.32. The molecule has 2 heteroatoms. The molecular formula is C11H17BO. The number of aryl methyl sites for hydroxylation is 1. The maximum Gasteiger partial charge on any atom is 0.139 e. The van der Waals surface area contributed by atoms with Crippen molar-refractivity contribution in [2.75, 3.05) is 6.61 Å². The molecule has 0 saturated heterocycles. The molecular weight excluding hydrogens is 159 g/mol. The molecule has 13 heavy (non-hydrogen) atoms. The maximum absolute atomic E-state index is 5.58. The van der Waals surface area contributed by atoms with Gasteiger partial charge in [0.1, 0.15) is 13.6 Å². The highest BCUT2D eigenvalue weighted by molar-refractivity contribution is 6.33. The van der Waals surface area contributed by atoms with Crippen LogP contribution < -0.4 is 10.2 Å². The first-order valence-electron chi connectivity index (χ1n) is 4.94. The molecule has 0 unspecified atom stereocenters. The van der Waals surface area contributed by atoms with E-state index in [1.807, 2.05) is 6.07 Å². The second-order valence-corrected chi connectivity index (χ2v) is 3.45. The van der Waals surface area contributed by atoms with Gasteiger partial charge in [0, 0.05) is 0 Å². The Kier molecular flexibility index (Phi) is 3.87. The minimum absolute atomic E-state index is 0.832. The lowest BCUT2D eigenvalue weighted by Gasteiger charge is -2.07. The van der Waals surface area contributed by atoms with E-state index in [2.05, 4.69) is 33.8 Å². The zero-order valence-electron chi connectivity index (χ0n) is 8.76. The molecule has 70 valence electrons. The van der Waals surface area contributed by atoms with Crippen molar-refractivity contribution in [1.29, 1.82) is 0 Å². The van der Waals surface area contributed by atoms with Gasteiger partial charge in [-0.05, 0) is 25.5 Å². The summed E-state index contributed by atoms with van der Waals surface area (Å²) in [7, 11) is 2.12. The quantitative estimate of drug-likeness (QED) is 0.498. The molecule has 0 aromatic heterocycles. The second kappa shape index (κ2) is 4.95. The van der Waals surface area contributed by atoms with E-state index in [-0.39, 0.29) is 0 Å². The summed E-state index contributed by atoms with van der Waals surface area (Å²) in [6.45, 7) is 5.12. The van der Waals surface area contributed by atoms with Crippen LogP contribution in [0.2, 0.25) is 0 Å². The van der Waals surface area contributed by atoms with Crippen molar-refractivity contribution in [2.45, 2.75) is 26.7 Å². The molecule has 0 amide bonds. The third-order valence-corrected chi connectivity index (χ3v) is 2.24. The van der Waals surface area contributed by atoms with Gasteiger partial charge >= 0.3 is 0 Å². The van der Waals surface area contributed by atoms with Gasteiger partial charge in [0.15, 0.2) is 0 Å². The largest absolute Gasteiger partial charge is 0.494 e. The fourth-order valence-electron chi connectivity index (χ4n) is 1.14. The minimum atomic E-state index is 0.832. The van der Waals surface area contributed by atoms with Crippen molar-refractivity contribution in [3.63, 3.8) is 0 Å². The van der Waals surface area contributed by atoms with Crippen LogP contribution in [0.5, 0.6) is 5.75 Å². The van der Waals surface area contributed by atoms with Gasteiger partial charge in [-0.3, -0.25) is 0 Å². The van der Waals surface area contributed by atoms with Gasteiger partial charge in [-0.2, -0.15) is 0 Å². The van der Waals surface area contributed by atoms with Crippen molar-refractivity contribution >= 4 is 13.3 Å². The van der Waals surface area contributed by atoms with Gasteiger partial charge in [0.05, 0.1) is 6.61 Å². The SMILES string of the molecule is Bc1ccc(OCCCC)cc1C. The van der Waals surface area contributed by atoms with Crippen LogP contribution >= 0.6 is 0 Å². The fourth-order valence-corrected chi connectivity index (χ4v) is 1.14. The number of rotatable bonds is 4. The summed E-state index contributed by atoms with van der Waals surface area (Å²) in [5.74, 6) is 0.997. The molecule has 0 bridgehead atoms. The highest BCUT2D eigenvalue weighted by atomic mass is 16.5. The second-order valence-electron chi connectivity index (χ2n) is 3.45. The average Bonchev–Trinajstić information content (AvgIpc) is 2.12. The maximum atomic E-state index is 5.58. The fraction of sp³-hybridized carbons (Fsp3) is 0.455. The van der Waals surface area contributed by atoms with Crippen molar-refractivity contribution in [2.24, 2.45) is 0 Å². The first kappa shape index (κ1) is 10.2. The van der Waals surface area contributed by atoms with Gasteiger partial charge in [0.25, 0.3) is 0 Å². The summed E-state index contributed by atoms with van der Waals surface area (Å²) in [4.78, 5) is 0. The molecule has 0 aliphatic carbocycles. The van der Waals surface area contributed by atoms with Crippen LogP contribution in [-0.2, 0) is 0 Å². The van der Waals surface area contributed by atoms with Crippen LogP contribution in [0.15, 0.2) is 18.2 Å². The summed E-state index contributed by atoms with van der Waals surface area (Å²) < 4.78 is 5.58. The van der Waals surface area contributed by atoms with Crippen LogP contribution in [0.1, 0.15) is 25.3 Å². The predicted molar refractivity (Wildman–Crippen MR) is 59.8 cm³/mol. The Morgan fingerprint density at radius 1 is 1.38 bits per heavy atom. The summed E-state index contributed by atoms with van der Waals surface area (Å²) in [5, 5.41) is 0. The van der Waals surface area contributed by atoms with Gasteiger partial charge < -0.3 is 4.74 Å². The van der Waals surface area contributed by atoms with E-state index in [0.29, 0.717) is 0 Å². The van der Waals surface area contributed by atoms with Gasteiger partial charge in [0.2, 0.25) is 0 Å². The highest BCUT2D eigenvalue weighted by Crippen LogP contribution is 2.10. The molecule has 1 aromatic carbocycles. The molecule has 1 rings (SSSR count). The molecule has 0 aliphatic heterocycles. The van der Waals surface area contributed by atoms with Crippen molar-refractivity contribution in [1.82, 2.24) is 0 Å². The summed E-state index contributed by atoms with van der Waals surface area (Å²) >= 11 is 0. The zero-order chi connectivity index (χ0) is 9.68. The lowest BCUT2D eigenvalue weighted by Crippen LogP contribution is -2.07. The number of benzene rings is 1. The summed E-state index contributed by atoms with van der Waals surface area (Å²) in [6, 6.07) is 6.25. The third-order valence-electron chi connectivity index (χ3n) is 2.24. The topological polar surface area (TPSA) is 9.23 Å². The van der Waals surface area contributed by atoms with Crippen LogP contribution in [0.3, 0.4) is 0 Å². The van der Waals surface area contributed by atoms with E-state index < -0.39 is 0 Å². The molecule has 0 aliphatic rings. The van der Waals surface area contributed by atoms with Gasteiger partial charge in [-0.15, -0.1) is 0 Å². The van der Waals surface area contributed by atoms with E-state index in [1.54, 1.807) is 0 Å². The summed E-state index contributed by atoms with van der Waals surface area (Å²) in [5.41, 5.74) is 2.62. The standard InChI is InChI=1S/C11H17BO/c1-3-4-7-13-10-5-6-11(12)9(2)8-10/h5-6,8H,3-4,7,12H2,1-2H3. The number of unbranched alkanes of at least 4 members (excludes halogenated alkanes) is 1. The molecule has 0 spiro atoms. The average molecular weight is 176 g/mol.